The number of hydrogen-bond acceptors (Lipinski definition) is 2. The monoisotopic (exact) mass is 347 g/mol. The third-order valence-electron chi connectivity index (χ3n) is 3.14. The molecule has 0 radical (unpaired) electrons. The van der Waals surface area contributed by atoms with Crippen LogP contribution in [0.1, 0.15) is 18.9 Å². The van der Waals surface area contributed by atoms with E-state index in [1.54, 1.807) is 0 Å². The Labute approximate surface area is 133 Å². The van der Waals surface area contributed by atoms with E-state index in [-0.39, 0.29) is 5.91 Å². The number of rotatable bonds is 5. The van der Waals surface area contributed by atoms with Gasteiger partial charge in [0, 0.05) is 10.2 Å². The Hall–Kier alpha value is -1.81. The summed E-state index contributed by atoms with van der Waals surface area (Å²) in [7, 11) is 0. The largest absolute Gasteiger partial charge is 0.480 e. The zero-order chi connectivity index (χ0) is 15.2. The highest BCUT2D eigenvalue weighted by molar-refractivity contribution is 9.10. The fraction of sp³-hybridized carbons (Fsp3) is 0.235. The second-order valence-corrected chi connectivity index (χ2v) is 5.69. The predicted molar refractivity (Wildman–Crippen MR) is 88.7 cm³/mol. The van der Waals surface area contributed by atoms with E-state index in [1.807, 2.05) is 62.4 Å². The highest BCUT2D eigenvalue weighted by atomic mass is 79.9. The maximum Gasteiger partial charge on any atom is 0.265 e. The molecule has 0 aliphatic rings. The van der Waals surface area contributed by atoms with Crippen molar-refractivity contribution in [1.29, 1.82) is 0 Å². The molecule has 0 spiro atoms. The summed E-state index contributed by atoms with van der Waals surface area (Å²) in [4.78, 5) is 12.3. The molecule has 0 heterocycles. The Bertz CT molecular complexity index is 610. The number of ether oxygens (including phenoxy) is 1. The number of anilines is 1. The van der Waals surface area contributed by atoms with Crippen LogP contribution in [0.2, 0.25) is 0 Å². The van der Waals surface area contributed by atoms with Crippen molar-refractivity contribution >= 4 is 27.5 Å². The Morgan fingerprint density at radius 3 is 2.48 bits per heavy atom. The Kier molecular flexibility index (Phi) is 5.39. The van der Waals surface area contributed by atoms with Gasteiger partial charge in [-0.25, -0.2) is 0 Å². The summed E-state index contributed by atoms with van der Waals surface area (Å²) in [6.45, 7) is 3.90. The molecule has 0 saturated heterocycles. The smallest absolute Gasteiger partial charge is 0.265 e. The number of aryl methyl sites for hydroxylation is 1. The first-order valence-electron chi connectivity index (χ1n) is 6.89. The van der Waals surface area contributed by atoms with Crippen molar-refractivity contribution in [2.75, 3.05) is 5.32 Å². The van der Waals surface area contributed by atoms with Gasteiger partial charge in [0.15, 0.2) is 6.10 Å². The Morgan fingerprint density at radius 1 is 1.19 bits per heavy atom. The van der Waals surface area contributed by atoms with E-state index in [4.69, 9.17) is 4.74 Å². The molecule has 1 N–H and O–H groups in total. The average Bonchev–Trinajstić information content (AvgIpc) is 2.48. The number of carbonyl (C=O) groups is 1. The van der Waals surface area contributed by atoms with Crippen molar-refractivity contribution in [2.24, 2.45) is 0 Å². The molecule has 21 heavy (non-hydrogen) atoms. The highest BCUT2D eigenvalue weighted by Gasteiger charge is 2.19. The van der Waals surface area contributed by atoms with Gasteiger partial charge in [0.1, 0.15) is 5.75 Å². The second-order valence-electron chi connectivity index (χ2n) is 4.78. The summed E-state index contributed by atoms with van der Waals surface area (Å²) in [5.74, 6) is 0.610. The van der Waals surface area contributed by atoms with Crippen molar-refractivity contribution in [3.63, 3.8) is 0 Å². The Morgan fingerprint density at radius 2 is 1.86 bits per heavy atom. The quantitative estimate of drug-likeness (QED) is 0.861. The van der Waals surface area contributed by atoms with Crippen LogP contribution in [-0.4, -0.2) is 12.0 Å². The summed E-state index contributed by atoms with van der Waals surface area (Å²) in [6.07, 6.45) is 0.103. The van der Waals surface area contributed by atoms with Gasteiger partial charge >= 0.3 is 0 Å². The summed E-state index contributed by atoms with van der Waals surface area (Å²) in [6, 6.07) is 15.2. The minimum Gasteiger partial charge on any atom is -0.480 e. The third-order valence-corrected chi connectivity index (χ3v) is 3.67. The minimum atomic E-state index is -0.505. The molecule has 0 aliphatic heterocycles. The van der Waals surface area contributed by atoms with Crippen LogP contribution in [-0.2, 0) is 4.79 Å². The maximum atomic E-state index is 12.3. The fourth-order valence-electron chi connectivity index (χ4n) is 1.92. The highest BCUT2D eigenvalue weighted by Crippen LogP contribution is 2.20. The molecule has 2 aromatic carbocycles. The molecule has 3 nitrogen and oxygen atoms in total. The molecule has 1 atom stereocenters. The summed E-state index contributed by atoms with van der Waals surface area (Å²) in [5.41, 5.74) is 1.78. The molecule has 0 aromatic heterocycles. The third kappa shape index (κ3) is 4.33. The molecule has 2 aromatic rings. The normalized spacial score (nSPS) is 11.8. The first kappa shape index (κ1) is 15.6. The maximum absolute atomic E-state index is 12.3. The van der Waals surface area contributed by atoms with Gasteiger partial charge < -0.3 is 10.1 Å². The van der Waals surface area contributed by atoms with E-state index in [2.05, 4.69) is 21.2 Å². The van der Waals surface area contributed by atoms with E-state index in [1.165, 1.54) is 0 Å². The number of halogens is 1. The van der Waals surface area contributed by atoms with Crippen molar-refractivity contribution < 1.29 is 9.53 Å². The van der Waals surface area contributed by atoms with Crippen LogP contribution in [0.4, 0.5) is 5.69 Å². The number of benzene rings is 2. The predicted octanol–water partition coefficient (Wildman–Crippen LogP) is 4.55. The standard InChI is InChI=1S/C17H18BrNO2/c1-3-15(21-16-7-5-4-6-12(16)2)17(20)19-14-10-8-13(18)9-11-14/h4-11,15H,3H2,1-2H3,(H,19,20)/t15-/m0/s1. The summed E-state index contributed by atoms with van der Waals surface area (Å²) in [5, 5.41) is 2.88. The van der Waals surface area contributed by atoms with Crippen molar-refractivity contribution in [1.82, 2.24) is 0 Å². The minimum absolute atomic E-state index is 0.136. The summed E-state index contributed by atoms with van der Waals surface area (Å²) >= 11 is 3.37. The lowest BCUT2D eigenvalue weighted by Crippen LogP contribution is -2.32. The van der Waals surface area contributed by atoms with Gasteiger partial charge in [-0.2, -0.15) is 0 Å². The van der Waals surface area contributed by atoms with Crippen LogP contribution in [0.5, 0.6) is 5.75 Å². The zero-order valence-corrected chi connectivity index (χ0v) is 13.7. The van der Waals surface area contributed by atoms with Gasteiger partial charge in [0.25, 0.3) is 5.91 Å². The number of nitrogens with one attached hydrogen (secondary N) is 1. The average molecular weight is 348 g/mol. The lowest BCUT2D eigenvalue weighted by molar-refractivity contribution is -0.122. The van der Waals surface area contributed by atoms with Crippen LogP contribution in [0.3, 0.4) is 0 Å². The molecular weight excluding hydrogens is 330 g/mol. The van der Waals surface area contributed by atoms with Crippen molar-refractivity contribution in [3.05, 3.63) is 58.6 Å². The molecule has 4 heteroatoms. The Balaban J connectivity index is 2.05. The van der Waals surface area contributed by atoms with Gasteiger partial charge in [-0.3, -0.25) is 4.79 Å². The van der Waals surface area contributed by atoms with Crippen LogP contribution < -0.4 is 10.1 Å². The van der Waals surface area contributed by atoms with Gasteiger partial charge in [-0.1, -0.05) is 41.1 Å². The van der Waals surface area contributed by atoms with E-state index < -0.39 is 6.10 Å². The van der Waals surface area contributed by atoms with E-state index in [9.17, 15) is 4.79 Å². The van der Waals surface area contributed by atoms with Crippen molar-refractivity contribution in [3.8, 4) is 5.75 Å². The van der Waals surface area contributed by atoms with Crippen LogP contribution in [0.25, 0.3) is 0 Å². The number of hydrogen-bond donors (Lipinski definition) is 1. The topological polar surface area (TPSA) is 38.3 Å². The van der Waals surface area contributed by atoms with Gasteiger partial charge in [0.05, 0.1) is 0 Å². The molecule has 0 unspecified atom stereocenters. The van der Waals surface area contributed by atoms with Gasteiger partial charge in [-0.05, 0) is 49.2 Å². The second kappa shape index (κ2) is 7.27. The van der Waals surface area contributed by atoms with Crippen LogP contribution >= 0.6 is 15.9 Å². The molecule has 2 rings (SSSR count). The molecule has 110 valence electrons. The molecule has 0 fully saturated rings. The fourth-order valence-corrected chi connectivity index (χ4v) is 2.18. The SMILES string of the molecule is CC[C@H](Oc1ccccc1C)C(=O)Nc1ccc(Br)cc1. The molecule has 0 aliphatic carbocycles. The van der Waals surface area contributed by atoms with Gasteiger partial charge in [-0.15, -0.1) is 0 Å². The van der Waals surface area contributed by atoms with Crippen LogP contribution in [0.15, 0.2) is 53.0 Å². The number of para-hydroxylation sites is 1. The summed E-state index contributed by atoms with van der Waals surface area (Å²) < 4.78 is 6.81. The lowest BCUT2D eigenvalue weighted by Gasteiger charge is -2.18. The van der Waals surface area contributed by atoms with E-state index in [0.717, 1.165) is 21.5 Å². The molecule has 1 amide bonds. The van der Waals surface area contributed by atoms with E-state index >= 15 is 0 Å². The first-order valence-corrected chi connectivity index (χ1v) is 7.68. The molecular formula is C17H18BrNO2. The number of carbonyl (C=O) groups excluding carboxylic acids is 1. The van der Waals surface area contributed by atoms with Crippen molar-refractivity contribution in [2.45, 2.75) is 26.4 Å². The van der Waals surface area contributed by atoms with Crippen LogP contribution in [0, 0.1) is 6.92 Å². The van der Waals surface area contributed by atoms with E-state index in [0.29, 0.717) is 6.42 Å². The molecule has 0 saturated carbocycles. The van der Waals surface area contributed by atoms with Gasteiger partial charge in [0.2, 0.25) is 0 Å². The number of amides is 1. The zero-order valence-electron chi connectivity index (χ0n) is 12.1. The molecule has 0 bridgehead atoms. The first-order chi connectivity index (χ1) is 10.1. The lowest BCUT2D eigenvalue weighted by atomic mass is 10.2.